The van der Waals surface area contributed by atoms with Gasteiger partial charge in [-0.1, -0.05) is 0 Å². The quantitative estimate of drug-likeness (QED) is 0.356. The summed E-state index contributed by atoms with van der Waals surface area (Å²) in [5.74, 6) is 0.860. The van der Waals surface area contributed by atoms with Crippen molar-refractivity contribution in [2.75, 3.05) is 38.8 Å². The summed E-state index contributed by atoms with van der Waals surface area (Å²) in [5.41, 5.74) is -0.370. The topological polar surface area (TPSA) is 102 Å². The normalized spacial score (nSPS) is 15.7. The number of aromatic nitrogens is 3. The van der Waals surface area contributed by atoms with E-state index in [-0.39, 0.29) is 30.9 Å². The first kappa shape index (κ1) is 27.5. The van der Waals surface area contributed by atoms with Crippen LogP contribution in [0.1, 0.15) is 17.7 Å². The molecule has 1 fully saturated rings. The first-order valence-electron chi connectivity index (χ1n) is 12.7. The average molecular weight is 559 g/mol. The van der Waals surface area contributed by atoms with Gasteiger partial charge in [-0.3, -0.25) is 4.79 Å². The smallest absolute Gasteiger partial charge is 0.418 e. The summed E-state index contributed by atoms with van der Waals surface area (Å²) in [6.45, 7) is 2.25. The van der Waals surface area contributed by atoms with Gasteiger partial charge in [0.2, 0.25) is 0 Å². The Kier molecular flexibility index (Phi) is 7.23. The van der Waals surface area contributed by atoms with E-state index in [0.717, 1.165) is 10.7 Å². The van der Waals surface area contributed by atoms with Crippen LogP contribution in [0, 0.1) is 6.92 Å². The number of fused-ring (bicyclic) bond motifs is 1. The zero-order valence-corrected chi connectivity index (χ0v) is 22.2. The van der Waals surface area contributed by atoms with Gasteiger partial charge in [0.1, 0.15) is 22.7 Å². The van der Waals surface area contributed by atoms with Crippen molar-refractivity contribution in [1.82, 2.24) is 14.3 Å². The Morgan fingerprint density at radius 2 is 1.77 bits per heavy atom. The van der Waals surface area contributed by atoms with Crippen LogP contribution in [0.5, 0.6) is 11.5 Å². The number of hydrogen-bond acceptors (Lipinski definition) is 7. The Hall–Kier alpha value is -4.03. The molecule has 9 nitrogen and oxygen atoms in total. The first-order chi connectivity index (χ1) is 19.0. The van der Waals surface area contributed by atoms with Crippen molar-refractivity contribution in [1.29, 1.82) is 0 Å². The first-order valence-corrected chi connectivity index (χ1v) is 12.7. The van der Waals surface area contributed by atoms with Crippen LogP contribution in [0.2, 0.25) is 0 Å². The van der Waals surface area contributed by atoms with E-state index >= 15 is 0 Å². The van der Waals surface area contributed by atoms with Gasteiger partial charge in [-0.2, -0.15) is 23.0 Å². The predicted octanol–water partition coefficient (Wildman–Crippen LogP) is 3.76. The number of alkyl halides is 3. The van der Waals surface area contributed by atoms with Gasteiger partial charge in [-0.05, 0) is 49.7 Å². The lowest BCUT2D eigenvalue weighted by atomic mass is 10.1. The van der Waals surface area contributed by atoms with Crippen LogP contribution >= 0.6 is 0 Å². The molecular weight excluding hydrogens is 529 g/mol. The lowest BCUT2D eigenvalue weighted by Crippen LogP contribution is -2.28. The molecule has 2 aromatic carbocycles. The van der Waals surface area contributed by atoms with Gasteiger partial charge in [-0.15, -0.1) is 0 Å². The molecule has 1 aliphatic rings. The van der Waals surface area contributed by atoms with E-state index in [9.17, 15) is 28.2 Å². The van der Waals surface area contributed by atoms with Gasteiger partial charge < -0.3 is 29.2 Å². The van der Waals surface area contributed by atoms with Crippen LogP contribution in [-0.2, 0) is 12.7 Å². The van der Waals surface area contributed by atoms with Crippen molar-refractivity contribution >= 4 is 16.6 Å². The molecule has 4 aromatic rings. The van der Waals surface area contributed by atoms with Crippen molar-refractivity contribution in [3.63, 3.8) is 0 Å². The molecule has 12 heteroatoms. The lowest BCUT2D eigenvalue weighted by Gasteiger charge is -2.22. The van der Waals surface area contributed by atoms with Crippen LogP contribution in [-0.4, -0.2) is 64.6 Å². The SMILES string of the molecule is COc1cc(OC)cc(-c2nn(-c3cc(N4CCC(O)C4)ccc3C(F)(F)F)c(=O)c3c2cc(C)n3CCO)c1. The van der Waals surface area contributed by atoms with Gasteiger partial charge in [0.25, 0.3) is 5.56 Å². The van der Waals surface area contributed by atoms with Crippen LogP contribution < -0.4 is 19.9 Å². The van der Waals surface area contributed by atoms with Crippen LogP contribution in [0.4, 0.5) is 18.9 Å². The van der Waals surface area contributed by atoms with Crippen LogP contribution in [0.15, 0.2) is 47.3 Å². The molecule has 0 spiro atoms. The highest BCUT2D eigenvalue weighted by atomic mass is 19.4. The number of methoxy groups -OCH3 is 2. The van der Waals surface area contributed by atoms with E-state index < -0.39 is 29.1 Å². The highest BCUT2D eigenvalue weighted by Gasteiger charge is 2.36. The molecule has 0 radical (unpaired) electrons. The fraction of sp³-hybridized carbons (Fsp3) is 0.357. The van der Waals surface area contributed by atoms with E-state index in [4.69, 9.17) is 9.47 Å². The molecular formula is C28H29F3N4O5. The third-order valence-corrected chi connectivity index (χ3v) is 7.15. The fourth-order valence-corrected chi connectivity index (χ4v) is 5.20. The molecule has 3 heterocycles. The summed E-state index contributed by atoms with van der Waals surface area (Å²) in [6.07, 6.45) is -4.89. The minimum absolute atomic E-state index is 0.0628. The van der Waals surface area contributed by atoms with Gasteiger partial charge in [0.15, 0.2) is 0 Å². The second-order valence-electron chi connectivity index (χ2n) is 9.68. The predicted molar refractivity (Wildman–Crippen MR) is 144 cm³/mol. The number of aliphatic hydroxyl groups excluding tert-OH is 2. The molecule has 5 rings (SSSR count). The molecule has 0 amide bonds. The Balaban J connectivity index is 1.86. The highest BCUT2D eigenvalue weighted by molar-refractivity contribution is 5.94. The third-order valence-electron chi connectivity index (χ3n) is 7.15. The molecule has 2 N–H and O–H groups in total. The van der Waals surface area contributed by atoms with Crippen LogP contribution in [0.25, 0.3) is 27.8 Å². The summed E-state index contributed by atoms with van der Waals surface area (Å²) in [5, 5.41) is 24.6. The Morgan fingerprint density at radius 1 is 1.07 bits per heavy atom. The Morgan fingerprint density at radius 3 is 2.35 bits per heavy atom. The second kappa shape index (κ2) is 10.5. The molecule has 212 valence electrons. The maximum atomic E-state index is 14.3. The molecule has 0 aliphatic carbocycles. The molecule has 0 bridgehead atoms. The van der Waals surface area contributed by atoms with Crippen molar-refractivity contribution in [2.45, 2.75) is 32.2 Å². The van der Waals surface area contributed by atoms with E-state index in [2.05, 4.69) is 5.10 Å². The van der Waals surface area contributed by atoms with Gasteiger partial charge >= 0.3 is 6.18 Å². The zero-order valence-electron chi connectivity index (χ0n) is 22.2. The minimum atomic E-state index is -4.78. The molecule has 0 saturated carbocycles. The number of halogens is 3. The number of β-amino-alcohol motifs (C(OH)–C–C–N with tert-alkyl or cyclic N) is 1. The second-order valence-corrected chi connectivity index (χ2v) is 9.68. The highest BCUT2D eigenvalue weighted by Crippen LogP contribution is 2.38. The third kappa shape index (κ3) is 4.88. The average Bonchev–Trinajstić information content (AvgIpc) is 3.51. The van der Waals surface area contributed by atoms with Gasteiger partial charge in [-0.25, -0.2) is 0 Å². The lowest BCUT2D eigenvalue weighted by molar-refractivity contribution is -0.137. The number of aryl methyl sites for hydroxylation is 1. The maximum Gasteiger partial charge on any atom is 0.418 e. The summed E-state index contributed by atoms with van der Waals surface area (Å²) >= 11 is 0. The summed E-state index contributed by atoms with van der Waals surface area (Å²) in [6, 6.07) is 10.2. The molecule has 2 aromatic heterocycles. The number of ether oxygens (including phenoxy) is 2. The van der Waals surface area contributed by atoms with E-state index in [1.165, 1.54) is 26.4 Å². The van der Waals surface area contributed by atoms with Gasteiger partial charge in [0.05, 0.1) is 38.2 Å². The monoisotopic (exact) mass is 558 g/mol. The van der Waals surface area contributed by atoms with E-state index in [0.29, 0.717) is 46.8 Å². The largest absolute Gasteiger partial charge is 0.497 e. The number of hydrogen-bond donors (Lipinski definition) is 2. The molecule has 1 aliphatic heterocycles. The number of aliphatic hydroxyl groups is 2. The maximum absolute atomic E-state index is 14.3. The minimum Gasteiger partial charge on any atom is -0.497 e. The fourth-order valence-electron chi connectivity index (χ4n) is 5.20. The number of benzene rings is 2. The van der Waals surface area contributed by atoms with E-state index in [1.807, 2.05) is 0 Å². The van der Waals surface area contributed by atoms with Crippen molar-refractivity contribution in [2.24, 2.45) is 0 Å². The van der Waals surface area contributed by atoms with E-state index in [1.54, 1.807) is 40.7 Å². The van der Waals surface area contributed by atoms with Crippen molar-refractivity contribution in [3.8, 4) is 28.4 Å². The molecule has 1 saturated heterocycles. The van der Waals surface area contributed by atoms with Crippen molar-refractivity contribution < 1.29 is 32.9 Å². The van der Waals surface area contributed by atoms with Crippen molar-refractivity contribution in [3.05, 3.63) is 64.1 Å². The molecule has 1 atom stereocenters. The Bertz CT molecular complexity index is 1610. The number of anilines is 1. The zero-order chi connectivity index (χ0) is 28.8. The molecule has 1 unspecified atom stereocenters. The molecule has 40 heavy (non-hydrogen) atoms. The van der Waals surface area contributed by atoms with Gasteiger partial charge in [0, 0.05) is 48.0 Å². The Labute approximate surface area is 227 Å². The summed E-state index contributed by atoms with van der Waals surface area (Å²) in [4.78, 5) is 15.7. The summed E-state index contributed by atoms with van der Waals surface area (Å²) < 4.78 is 56.1. The standard InChI is InChI=1S/C28H29F3N4O5/c1-16-10-22-25(17-11-20(39-2)14-21(12-17)40-3)32-35(27(38)26(22)34(16)8-9-36)24-13-18(33-7-6-19(37)15-33)4-5-23(24)28(29,30)31/h4-5,10-14,19,36-37H,6-9,15H2,1-3H3. The summed E-state index contributed by atoms with van der Waals surface area (Å²) in [7, 11) is 2.95. The number of rotatable bonds is 7. The number of nitrogens with zero attached hydrogens (tertiary/aromatic N) is 4. The van der Waals surface area contributed by atoms with Crippen LogP contribution in [0.3, 0.4) is 0 Å².